The Bertz CT molecular complexity index is 656. The van der Waals surface area contributed by atoms with Crippen LogP contribution in [-0.2, 0) is 17.7 Å². The Morgan fingerprint density at radius 3 is 3.00 bits per heavy atom. The Morgan fingerprint density at radius 2 is 2.33 bits per heavy atom. The van der Waals surface area contributed by atoms with Crippen LogP contribution < -0.4 is 10.9 Å². The van der Waals surface area contributed by atoms with Crippen molar-refractivity contribution >= 4 is 28.6 Å². The van der Waals surface area contributed by atoms with Crippen molar-refractivity contribution in [3.05, 3.63) is 37.7 Å². The SMILES string of the molecule is COCCn1ncc(NCCc2nc(C)cs2)c(Cl)c1=O. The third kappa shape index (κ3) is 4.26. The highest BCUT2D eigenvalue weighted by Gasteiger charge is 2.09. The summed E-state index contributed by atoms with van der Waals surface area (Å²) < 4.78 is 6.22. The monoisotopic (exact) mass is 328 g/mol. The van der Waals surface area contributed by atoms with E-state index in [0.717, 1.165) is 17.1 Å². The number of aryl methyl sites for hydroxylation is 1. The van der Waals surface area contributed by atoms with Crippen LogP contribution in [0.25, 0.3) is 0 Å². The van der Waals surface area contributed by atoms with E-state index in [2.05, 4.69) is 15.4 Å². The zero-order valence-corrected chi connectivity index (χ0v) is 13.5. The van der Waals surface area contributed by atoms with Gasteiger partial charge < -0.3 is 10.1 Å². The lowest BCUT2D eigenvalue weighted by Crippen LogP contribution is -2.26. The van der Waals surface area contributed by atoms with E-state index in [4.69, 9.17) is 16.3 Å². The van der Waals surface area contributed by atoms with Crippen LogP contribution in [0.4, 0.5) is 5.69 Å². The first-order valence-electron chi connectivity index (χ1n) is 6.51. The summed E-state index contributed by atoms with van der Waals surface area (Å²) in [6.07, 6.45) is 2.34. The van der Waals surface area contributed by atoms with Crippen LogP contribution in [-0.4, -0.2) is 35.0 Å². The first-order valence-corrected chi connectivity index (χ1v) is 7.77. The van der Waals surface area contributed by atoms with Gasteiger partial charge in [0.2, 0.25) is 0 Å². The number of thiazole rings is 1. The predicted molar refractivity (Wildman–Crippen MR) is 84.4 cm³/mol. The Hall–Kier alpha value is -1.44. The third-order valence-corrected chi connectivity index (χ3v) is 4.20. The summed E-state index contributed by atoms with van der Waals surface area (Å²) >= 11 is 7.70. The zero-order valence-electron chi connectivity index (χ0n) is 11.9. The molecule has 0 spiro atoms. The molecule has 2 aromatic heterocycles. The molecule has 0 aliphatic rings. The van der Waals surface area contributed by atoms with Gasteiger partial charge in [0.05, 0.1) is 30.0 Å². The van der Waals surface area contributed by atoms with Gasteiger partial charge in [0.1, 0.15) is 5.02 Å². The second-order valence-electron chi connectivity index (χ2n) is 4.45. The highest BCUT2D eigenvalue weighted by Crippen LogP contribution is 2.16. The van der Waals surface area contributed by atoms with Crippen LogP contribution >= 0.6 is 22.9 Å². The van der Waals surface area contributed by atoms with Gasteiger partial charge in [0.15, 0.2) is 0 Å². The summed E-state index contributed by atoms with van der Waals surface area (Å²) in [5.41, 5.74) is 1.25. The van der Waals surface area contributed by atoms with E-state index in [9.17, 15) is 4.79 Å². The number of hydrogen-bond acceptors (Lipinski definition) is 6. The van der Waals surface area contributed by atoms with Crippen molar-refractivity contribution in [3.8, 4) is 0 Å². The van der Waals surface area contributed by atoms with Crippen molar-refractivity contribution in [2.24, 2.45) is 0 Å². The second kappa shape index (κ2) is 7.53. The zero-order chi connectivity index (χ0) is 15.2. The number of nitrogens with one attached hydrogen (secondary N) is 1. The van der Waals surface area contributed by atoms with E-state index in [0.29, 0.717) is 25.4 Å². The number of methoxy groups -OCH3 is 1. The van der Waals surface area contributed by atoms with E-state index in [-0.39, 0.29) is 10.6 Å². The highest BCUT2D eigenvalue weighted by molar-refractivity contribution is 7.09. The molecule has 0 saturated carbocycles. The van der Waals surface area contributed by atoms with Crippen LogP contribution in [0.3, 0.4) is 0 Å². The molecule has 21 heavy (non-hydrogen) atoms. The van der Waals surface area contributed by atoms with Gasteiger partial charge in [-0.2, -0.15) is 5.10 Å². The van der Waals surface area contributed by atoms with Gasteiger partial charge in [-0.1, -0.05) is 11.6 Å². The van der Waals surface area contributed by atoms with Crippen molar-refractivity contribution in [3.63, 3.8) is 0 Å². The largest absolute Gasteiger partial charge is 0.383 e. The minimum Gasteiger partial charge on any atom is -0.383 e. The maximum Gasteiger partial charge on any atom is 0.287 e. The summed E-state index contributed by atoms with van der Waals surface area (Å²) in [6.45, 7) is 3.41. The molecule has 2 rings (SSSR count). The van der Waals surface area contributed by atoms with E-state index in [1.165, 1.54) is 4.68 Å². The summed E-state index contributed by atoms with van der Waals surface area (Å²) in [5.74, 6) is 0. The Morgan fingerprint density at radius 1 is 1.52 bits per heavy atom. The minimum absolute atomic E-state index is 0.149. The van der Waals surface area contributed by atoms with Crippen LogP contribution in [0.15, 0.2) is 16.4 Å². The molecule has 0 bridgehead atoms. The second-order valence-corrected chi connectivity index (χ2v) is 5.77. The molecule has 0 radical (unpaired) electrons. The molecule has 0 atom stereocenters. The number of ether oxygens (including phenoxy) is 1. The molecule has 6 nitrogen and oxygen atoms in total. The molecule has 2 heterocycles. The Kier molecular flexibility index (Phi) is 5.72. The van der Waals surface area contributed by atoms with Gasteiger partial charge in [-0.25, -0.2) is 9.67 Å². The lowest BCUT2D eigenvalue weighted by atomic mass is 10.4. The number of aromatic nitrogens is 3. The first-order chi connectivity index (χ1) is 10.1. The van der Waals surface area contributed by atoms with Gasteiger partial charge >= 0.3 is 0 Å². The van der Waals surface area contributed by atoms with Crippen molar-refractivity contribution in [2.75, 3.05) is 25.6 Å². The predicted octanol–water partition coefficient (Wildman–Crippen LogP) is 1.96. The topological polar surface area (TPSA) is 69.0 Å². The molecule has 8 heteroatoms. The van der Waals surface area contributed by atoms with E-state index < -0.39 is 0 Å². The number of hydrogen-bond donors (Lipinski definition) is 1. The maximum atomic E-state index is 12.0. The smallest absolute Gasteiger partial charge is 0.287 e. The Labute approximate surface area is 131 Å². The maximum absolute atomic E-state index is 12.0. The first kappa shape index (κ1) is 15.9. The molecular formula is C13H17ClN4O2S. The fraction of sp³-hybridized carbons (Fsp3) is 0.462. The third-order valence-electron chi connectivity index (χ3n) is 2.81. The summed E-state index contributed by atoms with van der Waals surface area (Å²) in [4.78, 5) is 16.4. The fourth-order valence-electron chi connectivity index (χ4n) is 1.75. The van der Waals surface area contributed by atoms with Crippen LogP contribution in [0.1, 0.15) is 10.7 Å². The molecular weight excluding hydrogens is 312 g/mol. The van der Waals surface area contributed by atoms with E-state index >= 15 is 0 Å². The molecule has 0 aliphatic carbocycles. The van der Waals surface area contributed by atoms with Crippen molar-refractivity contribution in [1.29, 1.82) is 0 Å². The molecule has 0 unspecified atom stereocenters. The molecule has 0 aromatic carbocycles. The van der Waals surface area contributed by atoms with Gasteiger partial charge in [-0.3, -0.25) is 4.79 Å². The minimum atomic E-state index is -0.316. The number of nitrogens with zero attached hydrogens (tertiary/aromatic N) is 3. The number of halogens is 1. The lowest BCUT2D eigenvalue weighted by Gasteiger charge is -2.09. The van der Waals surface area contributed by atoms with Gasteiger partial charge in [0.25, 0.3) is 5.56 Å². The molecule has 0 aliphatic heterocycles. The van der Waals surface area contributed by atoms with E-state index in [1.54, 1.807) is 24.6 Å². The van der Waals surface area contributed by atoms with Gasteiger partial charge in [0, 0.05) is 31.1 Å². The Balaban J connectivity index is 1.97. The van der Waals surface area contributed by atoms with Gasteiger partial charge in [-0.15, -0.1) is 11.3 Å². The summed E-state index contributed by atoms with van der Waals surface area (Å²) in [7, 11) is 1.57. The van der Waals surface area contributed by atoms with Crippen LogP contribution in [0.5, 0.6) is 0 Å². The average Bonchev–Trinajstić information content (AvgIpc) is 2.88. The normalized spacial score (nSPS) is 10.8. The molecule has 114 valence electrons. The molecule has 2 aromatic rings. The number of anilines is 1. The van der Waals surface area contributed by atoms with Crippen molar-refractivity contribution in [1.82, 2.24) is 14.8 Å². The molecule has 1 N–H and O–H groups in total. The molecule has 0 fully saturated rings. The number of rotatable bonds is 7. The van der Waals surface area contributed by atoms with E-state index in [1.807, 2.05) is 12.3 Å². The standard InChI is InChI=1S/C13H17ClN4O2S/c1-9-8-21-11(17-9)3-4-15-10-7-16-18(5-6-20-2)13(19)12(10)14/h7-8,15H,3-6H2,1-2H3. The molecule has 0 saturated heterocycles. The molecule has 0 amide bonds. The highest BCUT2D eigenvalue weighted by atomic mass is 35.5. The van der Waals surface area contributed by atoms with Crippen molar-refractivity contribution in [2.45, 2.75) is 19.9 Å². The quantitative estimate of drug-likeness (QED) is 0.841. The van der Waals surface area contributed by atoms with Gasteiger partial charge in [-0.05, 0) is 6.92 Å². The average molecular weight is 329 g/mol. The van der Waals surface area contributed by atoms with Crippen molar-refractivity contribution < 1.29 is 4.74 Å². The summed E-state index contributed by atoms with van der Waals surface area (Å²) in [5, 5.41) is 10.4. The lowest BCUT2D eigenvalue weighted by molar-refractivity contribution is 0.182. The fourth-order valence-corrected chi connectivity index (χ4v) is 2.74. The summed E-state index contributed by atoms with van der Waals surface area (Å²) in [6, 6.07) is 0. The van der Waals surface area contributed by atoms with Crippen LogP contribution in [0.2, 0.25) is 5.02 Å². The van der Waals surface area contributed by atoms with Crippen LogP contribution in [0, 0.1) is 6.92 Å².